The molecule has 0 spiro atoms. The molecule has 0 saturated carbocycles. The van der Waals surface area contributed by atoms with E-state index in [2.05, 4.69) is 0 Å². The van der Waals surface area contributed by atoms with Crippen LogP contribution in [0, 0.1) is 10.1 Å². The van der Waals surface area contributed by atoms with E-state index in [1.54, 1.807) is 13.2 Å². The van der Waals surface area contributed by atoms with Crippen LogP contribution in [-0.2, 0) is 0 Å². The molecule has 0 atom stereocenters. The number of thiophene rings is 1. The van der Waals surface area contributed by atoms with Gasteiger partial charge >= 0.3 is 0 Å². The molecule has 0 bridgehead atoms. The predicted molar refractivity (Wildman–Crippen MR) is 77.0 cm³/mol. The number of benzene rings is 1. The Kier molecular flexibility index (Phi) is 3.97. The molecule has 0 amide bonds. The first kappa shape index (κ1) is 13.3. The fraction of sp³-hybridized carbons (Fsp3) is 0.143. The summed E-state index contributed by atoms with van der Waals surface area (Å²) in [6.07, 6.45) is 1.58. The van der Waals surface area contributed by atoms with Crippen LogP contribution in [0.25, 0.3) is 16.5 Å². The summed E-state index contributed by atoms with van der Waals surface area (Å²) in [6.45, 7) is 1.49. The van der Waals surface area contributed by atoms with Crippen molar-refractivity contribution < 1.29 is 9.66 Å². The van der Waals surface area contributed by atoms with E-state index in [1.807, 2.05) is 36.4 Å². The van der Waals surface area contributed by atoms with Crippen LogP contribution in [0.3, 0.4) is 0 Å². The maximum absolute atomic E-state index is 10.6. The van der Waals surface area contributed by atoms with Crippen LogP contribution in [0.5, 0.6) is 5.75 Å². The molecule has 98 valence electrons. The summed E-state index contributed by atoms with van der Waals surface area (Å²) in [5.41, 5.74) is 1.22. The molecule has 0 fully saturated rings. The minimum absolute atomic E-state index is 0.142. The second-order valence-electron chi connectivity index (χ2n) is 3.97. The van der Waals surface area contributed by atoms with Crippen LogP contribution < -0.4 is 4.74 Å². The minimum atomic E-state index is -0.382. The predicted octanol–water partition coefficient (Wildman–Crippen LogP) is 4.06. The molecule has 5 heteroatoms. The second-order valence-corrected chi connectivity index (χ2v) is 5.09. The molecule has 2 rings (SSSR count). The van der Waals surface area contributed by atoms with Crippen molar-refractivity contribution in [3.05, 3.63) is 57.1 Å². The highest BCUT2D eigenvalue weighted by Crippen LogP contribution is 2.30. The number of rotatable bonds is 4. The molecule has 0 unspecified atom stereocenters. The molecule has 0 aliphatic rings. The smallest absolute Gasteiger partial charge is 0.244 e. The Bertz CT molecular complexity index is 614. The number of allylic oxidation sites excluding steroid dienone is 1. The molecule has 4 nitrogen and oxygen atoms in total. The lowest BCUT2D eigenvalue weighted by molar-refractivity contribution is -0.422. The Hall–Kier alpha value is -2.14. The van der Waals surface area contributed by atoms with Crippen molar-refractivity contribution in [3.8, 4) is 16.2 Å². The van der Waals surface area contributed by atoms with E-state index in [4.69, 9.17) is 4.74 Å². The summed E-state index contributed by atoms with van der Waals surface area (Å²) in [6, 6.07) is 11.6. The van der Waals surface area contributed by atoms with Gasteiger partial charge in [0.1, 0.15) is 5.75 Å². The van der Waals surface area contributed by atoms with Crippen LogP contribution in [-0.4, -0.2) is 12.0 Å². The molecule has 0 saturated heterocycles. The molecular formula is C14H13NO3S. The molecule has 1 heterocycles. The van der Waals surface area contributed by atoms with Gasteiger partial charge in [-0.25, -0.2) is 0 Å². The van der Waals surface area contributed by atoms with E-state index in [1.165, 1.54) is 18.3 Å². The Morgan fingerprint density at radius 2 is 1.95 bits per heavy atom. The Balaban J connectivity index is 2.25. The number of nitro groups is 1. The molecule has 0 radical (unpaired) electrons. The van der Waals surface area contributed by atoms with Gasteiger partial charge in [0.05, 0.1) is 12.0 Å². The summed E-state index contributed by atoms with van der Waals surface area (Å²) in [7, 11) is 1.63. The number of methoxy groups -OCH3 is 1. The van der Waals surface area contributed by atoms with E-state index in [0.29, 0.717) is 0 Å². The lowest BCUT2D eigenvalue weighted by Crippen LogP contribution is -1.91. The molecule has 19 heavy (non-hydrogen) atoms. The van der Waals surface area contributed by atoms with Gasteiger partial charge in [-0.1, -0.05) is 0 Å². The monoisotopic (exact) mass is 275 g/mol. The third-order valence-electron chi connectivity index (χ3n) is 2.64. The van der Waals surface area contributed by atoms with Gasteiger partial charge in [-0.2, -0.15) is 0 Å². The van der Waals surface area contributed by atoms with Crippen LogP contribution in [0.2, 0.25) is 0 Å². The highest BCUT2D eigenvalue weighted by Gasteiger charge is 2.06. The quantitative estimate of drug-likeness (QED) is 0.624. The first-order chi connectivity index (χ1) is 9.10. The van der Waals surface area contributed by atoms with Crippen molar-refractivity contribution in [2.24, 2.45) is 0 Å². The number of hydrogen-bond acceptors (Lipinski definition) is 4. The van der Waals surface area contributed by atoms with E-state index >= 15 is 0 Å². The Labute approximate surface area is 115 Å². The average Bonchev–Trinajstić information content (AvgIpc) is 2.87. The van der Waals surface area contributed by atoms with Gasteiger partial charge in [0.2, 0.25) is 5.70 Å². The standard InChI is InChI=1S/C14H13NO3S/c1-10(15(16)17)9-13-7-8-14(19-13)11-3-5-12(18-2)6-4-11/h3-9H,1-2H3. The highest BCUT2D eigenvalue weighted by molar-refractivity contribution is 7.16. The topological polar surface area (TPSA) is 52.4 Å². The maximum atomic E-state index is 10.6. The lowest BCUT2D eigenvalue weighted by Gasteiger charge is -2.00. The molecule has 2 aromatic rings. The van der Waals surface area contributed by atoms with Crippen molar-refractivity contribution in [3.63, 3.8) is 0 Å². The maximum Gasteiger partial charge on any atom is 0.244 e. The normalized spacial score (nSPS) is 11.4. The van der Waals surface area contributed by atoms with Crippen LogP contribution in [0.15, 0.2) is 42.1 Å². The average molecular weight is 275 g/mol. The first-order valence-corrected chi connectivity index (χ1v) is 6.49. The Morgan fingerprint density at radius 3 is 2.53 bits per heavy atom. The zero-order valence-corrected chi connectivity index (χ0v) is 11.4. The minimum Gasteiger partial charge on any atom is -0.497 e. The van der Waals surface area contributed by atoms with Gasteiger partial charge in [-0.3, -0.25) is 10.1 Å². The fourth-order valence-corrected chi connectivity index (χ4v) is 2.61. The summed E-state index contributed by atoms with van der Waals surface area (Å²) in [5.74, 6) is 0.810. The summed E-state index contributed by atoms with van der Waals surface area (Å²) in [4.78, 5) is 12.1. The number of ether oxygens (including phenoxy) is 1. The zero-order valence-electron chi connectivity index (χ0n) is 10.6. The fourth-order valence-electron chi connectivity index (χ4n) is 1.60. The molecule has 0 N–H and O–H groups in total. The summed E-state index contributed by atoms with van der Waals surface area (Å²) < 4.78 is 5.11. The number of nitrogens with zero attached hydrogens (tertiary/aromatic N) is 1. The molecule has 1 aromatic heterocycles. The van der Waals surface area contributed by atoms with Gasteiger partial charge in [0.15, 0.2) is 0 Å². The zero-order chi connectivity index (χ0) is 13.8. The lowest BCUT2D eigenvalue weighted by atomic mass is 10.2. The van der Waals surface area contributed by atoms with Crippen molar-refractivity contribution in [1.82, 2.24) is 0 Å². The van der Waals surface area contributed by atoms with E-state index in [9.17, 15) is 10.1 Å². The van der Waals surface area contributed by atoms with Crippen molar-refractivity contribution >= 4 is 17.4 Å². The largest absolute Gasteiger partial charge is 0.497 e. The molecule has 0 aliphatic carbocycles. The van der Waals surface area contributed by atoms with Crippen LogP contribution >= 0.6 is 11.3 Å². The van der Waals surface area contributed by atoms with Crippen molar-refractivity contribution in [2.45, 2.75) is 6.92 Å². The first-order valence-electron chi connectivity index (χ1n) is 5.67. The van der Waals surface area contributed by atoms with Crippen LogP contribution in [0.1, 0.15) is 11.8 Å². The van der Waals surface area contributed by atoms with Gasteiger partial charge in [-0.15, -0.1) is 11.3 Å². The molecule has 1 aromatic carbocycles. The van der Waals surface area contributed by atoms with Gasteiger partial charge < -0.3 is 4.74 Å². The summed E-state index contributed by atoms with van der Waals surface area (Å²) >= 11 is 1.52. The van der Waals surface area contributed by atoms with Gasteiger partial charge in [0, 0.05) is 22.8 Å². The van der Waals surface area contributed by atoms with Gasteiger partial charge in [0.25, 0.3) is 0 Å². The van der Waals surface area contributed by atoms with E-state index < -0.39 is 0 Å². The van der Waals surface area contributed by atoms with E-state index in [-0.39, 0.29) is 10.6 Å². The Morgan fingerprint density at radius 1 is 1.26 bits per heavy atom. The second kappa shape index (κ2) is 5.67. The molecule has 0 aliphatic heterocycles. The number of hydrogen-bond donors (Lipinski definition) is 0. The third kappa shape index (κ3) is 3.20. The molecular weight excluding hydrogens is 262 g/mol. The highest BCUT2D eigenvalue weighted by atomic mass is 32.1. The van der Waals surface area contributed by atoms with Crippen molar-refractivity contribution in [1.29, 1.82) is 0 Å². The van der Waals surface area contributed by atoms with Crippen LogP contribution in [0.4, 0.5) is 0 Å². The third-order valence-corrected chi connectivity index (χ3v) is 3.72. The van der Waals surface area contributed by atoms with E-state index in [0.717, 1.165) is 21.1 Å². The van der Waals surface area contributed by atoms with Crippen molar-refractivity contribution in [2.75, 3.05) is 7.11 Å². The summed E-state index contributed by atoms with van der Waals surface area (Å²) in [5, 5.41) is 10.6. The van der Waals surface area contributed by atoms with Gasteiger partial charge in [-0.05, 0) is 42.0 Å². The SMILES string of the molecule is COc1ccc(-c2ccc(C=C(C)[N+](=O)[O-])s2)cc1.